The van der Waals surface area contributed by atoms with Gasteiger partial charge in [0.2, 0.25) is 0 Å². The molecule has 0 aliphatic rings. The molecule has 0 saturated carbocycles. The van der Waals surface area contributed by atoms with E-state index in [1.165, 1.54) is 0 Å². The molecule has 0 rings (SSSR count). The molecule has 0 aliphatic heterocycles. The van der Waals surface area contributed by atoms with Crippen LogP contribution in [0, 0.1) is 10.1 Å². The Morgan fingerprint density at radius 1 is 1.71 bits per heavy atom. The molecule has 0 aromatic carbocycles. The van der Waals surface area contributed by atoms with Crippen LogP contribution in [0.15, 0.2) is 0 Å². The second-order valence-corrected chi connectivity index (χ2v) is 0.406. The van der Waals surface area contributed by atoms with Crippen LogP contribution in [0.3, 0.4) is 0 Å². The van der Waals surface area contributed by atoms with Crippen molar-refractivity contribution in [3.8, 4) is 0 Å². The van der Waals surface area contributed by atoms with Gasteiger partial charge >= 0.3 is 0 Å². The van der Waals surface area contributed by atoms with Crippen molar-refractivity contribution in [2.24, 2.45) is 0 Å². The van der Waals surface area contributed by atoms with E-state index in [1.807, 2.05) is 5.83 Å². The smallest absolute Gasteiger partial charge is 0.294 e. The molecule has 0 aromatic rings. The van der Waals surface area contributed by atoms with Gasteiger partial charge in [-0.1, -0.05) is 15.9 Å². The van der Waals surface area contributed by atoms with Crippen molar-refractivity contribution < 1.29 is 9.92 Å². The van der Waals surface area contributed by atoms with Gasteiger partial charge in [0.25, 0.3) is 5.09 Å². The summed E-state index contributed by atoms with van der Waals surface area (Å²) in [6, 6.07) is 0. The van der Waals surface area contributed by atoms with Crippen LogP contribution < -0.4 is 0 Å². The fourth-order valence-corrected chi connectivity index (χ4v) is 0. The van der Waals surface area contributed by atoms with Gasteiger partial charge in [-0.15, -0.1) is 10.1 Å². The van der Waals surface area contributed by atoms with E-state index in [-0.39, 0.29) is 0 Å². The molecular weight excluding hydrogens is 166 g/mol. The van der Waals surface area contributed by atoms with Gasteiger partial charge in [-0.25, -0.2) is 0 Å². The summed E-state index contributed by atoms with van der Waals surface area (Å²) < 4.78 is 0. The van der Waals surface area contributed by atoms with Crippen LogP contribution in [0.2, 0.25) is 0 Å². The van der Waals surface area contributed by atoms with Crippen molar-refractivity contribution in [2.45, 2.75) is 0 Å². The van der Waals surface area contributed by atoms with Gasteiger partial charge in [-0.3, -0.25) is 0 Å². The van der Waals surface area contributed by atoms with E-state index in [1.54, 1.807) is 0 Å². The zero-order chi connectivity index (χ0) is 6.28. The molecule has 5 heteroatoms. The van der Waals surface area contributed by atoms with Gasteiger partial charge in [0, 0.05) is 0 Å². The monoisotopic (exact) mass is 171 g/mol. The van der Waals surface area contributed by atoms with E-state index in [2.05, 4.69) is 20.8 Å². The molecule has 0 fully saturated rings. The third-order valence-electron chi connectivity index (χ3n) is 0.149. The molecular formula is C2H6BrNO3. The summed E-state index contributed by atoms with van der Waals surface area (Å²) in [5.41, 5.74) is 0. The molecule has 0 bridgehead atoms. The molecule has 0 aliphatic carbocycles. The van der Waals surface area contributed by atoms with E-state index in [0.29, 0.717) is 0 Å². The lowest BCUT2D eigenvalue weighted by Crippen LogP contribution is -1.91. The summed E-state index contributed by atoms with van der Waals surface area (Å²) in [5.74, 6) is 1.81. The predicted octanol–water partition coefficient (Wildman–Crippen LogP) is 0.836. The van der Waals surface area contributed by atoms with Crippen LogP contribution in [-0.4, -0.2) is 18.0 Å². The lowest BCUT2D eigenvalue weighted by Gasteiger charge is -1.75. The fraction of sp³-hybridized carbons (Fsp3) is 1.00. The summed E-state index contributed by atoms with van der Waals surface area (Å²) in [6.07, 6.45) is 0. The van der Waals surface area contributed by atoms with E-state index >= 15 is 0 Å². The third-order valence-corrected chi connectivity index (χ3v) is 0.149. The van der Waals surface area contributed by atoms with Gasteiger partial charge < -0.3 is 4.84 Å². The molecule has 7 heavy (non-hydrogen) atoms. The summed E-state index contributed by atoms with van der Waals surface area (Å²) >= 11 is 2.94. The molecule has 0 unspecified atom stereocenters. The first kappa shape index (κ1) is 9.84. The highest BCUT2D eigenvalue weighted by molar-refractivity contribution is 9.08. The normalized spacial score (nSPS) is 5.57. The Labute approximate surface area is 49.7 Å². The van der Waals surface area contributed by atoms with Crippen molar-refractivity contribution in [3.05, 3.63) is 10.1 Å². The van der Waals surface area contributed by atoms with E-state index < -0.39 is 5.09 Å². The average Bonchev–Trinajstić information content (AvgIpc) is 1.73. The lowest BCUT2D eigenvalue weighted by molar-refractivity contribution is -0.749. The van der Waals surface area contributed by atoms with Crippen LogP contribution in [0.25, 0.3) is 0 Å². The van der Waals surface area contributed by atoms with E-state index in [9.17, 15) is 0 Å². The molecule has 0 spiro atoms. The highest BCUT2D eigenvalue weighted by Crippen LogP contribution is 1.57. The van der Waals surface area contributed by atoms with E-state index in [4.69, 9.17) is 10.1 Å². The lowest BCUT2D eigenvalue weighted by atomic mass is 11.7. The van der Waals surface area contributed by atoms with Crippen LogP contribution in [0.5, 0.6) is 0 Å². The highest BCUT2D eigenvalue weighted by Gasteiger charge is 1.77. The Morgan fingerprint density at radius 3 is 1.86 bits per heavy atom. The largest absolute Gasteiger partial charge is 0.317 e. The minimum absolute atomic E-state index is 0.875. The summed E-state index contributed by atoms with van der Waals surface area (Å²) in [5, 5.41) is 8.08. The SMILES string of the molecule is CBr.CO[N+](=O)[O-]. The number of alkyl halides is 1. The minimum atomic E-state index is -0.875. The van der Waals surface area contributed by atoms with Crippen molar-refractivity contribution in [3.63, 3.8) is 0 Å². The van der Waals surface area contributed by atoms with Crippen molar-refractivity contribution in [2.75, 3.05) is 12.9 Å². The Morgan fingerprint density at radius 2 is 1.86 bits per heavy atom. The van der Waals surface area contributed by atoms with E-state index in [0.717, 1.165) is 7.11 Å². The molecule has 0 aromatic heterocycles. The maximum Gasteiger partial charge on any atom is 0.294 e. The second-order valence-electron chi connectivity index (χ2n) is 0.406. The first-order chi connectivity index (χ1) is 3.27. The zero-order valence-corrected chi connectivity index (χ0v) is 5.64. The fourth-order valence-electron chi connectivity index (χ4n) is 0. The molecule has 0 radical (unpaired) electrons. The quantitative estimate of drug-likeness (QED) is 0.334. The summed E-state index contributed by atoms with van der Waals surface area (Å²) in [7, 11) is 1.00. The topological polar surface area (TPSA) is 52.4 Å². The van der Waals surface area contributed by atoms with Gasteiger partial charge in [0.15, 0.2) is 0 Å². The molecule has 0 heterocycles. The van der Waals surface area contributed by atoms with Gasteiger partial charge in [0.1, 0.15) is 0 Å². The Kier molecular flexibility index (Phi) is 12.9. The van der Waals surface area contributed by atoms with Crippen LogP contribution in [0.1, 0.15) is 0 Å². The summed E-state index contributed by atoms with van der Waals surface area (Å²) in [4.78, 5) is 12.4. The van der Waals surface area contributed by atoms with Crippen LogP contribution >= 0.6 is 15.9 Å². The number of hydrogen-bond acceptors (Lipinski definition) is 3. The van der Waals surface area contributed by atoms with Gasteiger partial charge in [-0.2, -0.15) is 0 Å². The van der Waals surface area contributed by atoms with Crippen molar-refractivity contribution in [1.82, 2.24) is 0 Å². The van der Waals surface area contributed by atoms with Crippen molar-refractivity contribution >= 4 is 15.9 Å². The molecule has 0 N–H and O–H groups in total. The number of nitrogens with zero attached hydrogens (tertiary/aromatic N) is 1. The van der Waals surface area contributed by atoms with Crippen LogP contribution in [-0.2, 0) is 4.84 Å². The maximum absolute atomic E-state index is 8.95. The molecule has 0 atom stereocenters. The Bertz CT molecular complexity index is 48.2. The van der Waals surface area contributed by atoms with Crippen molar-refractivity contribution in [1.29, 1.82) is 0 Å². The number of rotatable bonds is 1. The average molecular weight is 172 g/mol. The van der Waals surface area contributed by atoms with Gasteiger partial charge in [0.05, 0.1) is 7.11 Å². The first-order valence-corrected chi connectivity index (χ1v) is 2.92. The number of hydrogen-bond donors (Lipinski definition) is 0. The highest BCUT2D eigenvalue weighted by atomic mass is 79.9. The Hall–Kier alpha value is -0.320. The maximum atomic E-state index is 8.95. The standard InChI is InChI=1S/CH3Br.CH3NO3/c1-2;1-5-2(3)4/h1H3;1H3. The second kappa shape index (κ2) is 9.19. The number of halogens is 1. The Balaban J connectivity index is 0. The molecule has 0 amide bonds. The first-order valence-electron chi connectivity index (χ1n) is 1.33. The van der Waals surface area contributed by atoms with Gasteiger partial charge in [-0.05, 0) is 5.83 Å². The molecule has 44 valence electrons. The van der Waals surface area contributed by atoms with Crippen LogP contribution in [0.4, 0.5) is 0 Å². The third kappa shape index (κ3) is 27.3. The predicted molar refractivity (Wildman–Crippen MR) is 28.9 cm³/mol. The minimum Gasteiger partial charge on any atom is -0.317 e. The molecule has 4 nitrogen and oxygen atoms in total. The zero-order valence-electron chi connectivity index (χ0n) is 4.05. The molecule has 0 saturated heterocycles. The summed E-state index contributed by atoms with van der Waals surface area (Å²) in [6.45, 7) is 0.